The van der Waals surface area contributed by atoms with Gasteiger partial charge in [0.2, 0.25) is 5.89 Å². The van der Waals surface area contributed by atoms with E-state index in [2.05, 4.69) is 25.7 Å². The van der Waals surface area contributed by atoms with E-state index in [1.807, 2.05) is 0 Å². The summed E-state index contributed by atoms with van der Waals surface area (Å²) in [5, 5.41) is 10.4. The molecule has 3 aliphatic rings. The molecule has 1 saturated heterocycles. The van der Waals surface area contributed by atoms with E-state index in [1.165, 1.54) is 12.8 Å². The average molecular weight is 333 g/mol. The highest BCUT2D eigenvalue weighted by molar-refractivity contribution is 5.75. The molecule has 2 aliphatic carbocycles. The molecule has 24 heavy (non-hydrogen) atoms. The Morgan fingerprint density at radius 3 is 2.50 bits per heavy atom. The summed E-state index contributed by atoms with van der Waals surface area (Å²) in [6.45, 7) is 3.99. The maximum absolute atomic E-state index is 12.6. The fraction of sp³-hybridized carbons (Fsp3) is 0.824. The van der Waals surface area contributed by atoms with Gasteiger partial charge in [0.25, 0.3) is 0 Å². The molecular weight excluding hydrogens is 306 g/mol. The van der Waals surface area contributed by atoms with Gasteiger partial charge in [0.05, 0.1) is 0 Å². The third-order valence-electron chi connectivity index (χ3n) is 5.69. The molecule has 2 heterocycles. The Morgan fingerprint density at radius 1 is 1.21 bits per heavy atom. The Bertz CT molecular complexity index is 584. The number of hydrogen-bond donors (Lipinski definition) is 2. The van der Waals surface area contributed by atoms with Crippen LogP contribution in [0.15, 0.2) is 4.52 Å². The van der Waals surface area contributed by atoms with E-state index >= 15 is 0 Å². The van der Waals surface area contributed by atoms with Gasteiger partial charge in [-0.05, 0) is 38.5 Å². The molecule has 1 aliphatic heterocycles. The standard InChI is InChI=1S/C17H27N5O2/c1-12-18-15(21-24-12)17(8-2-3-9-17)20-16(23)19-13-6-10-22(11-7-13)14-4-5-14/h13-14H,2-11H2,1H3,(H2,19,20,23). The number of rotatable bonds is 4. The van der Waals surface area contributed by atoms with Gasteiger partial charge in [-0.15, -0.1) is 0 Å². The lowest BCUT2D eigenvalue weighted by atomic mass is 9.96. The molecule has 132 valence electrons. The summed E-state index contributed by atoms with van der Waals surface area (Å²) in [5.74, 6) is 1.17. The molecule has 0 aromatic carbocycles. The van der Waals surface area contributed by atoms with Crippen molar-refractivity contribution in [2.24, 2.45) is 0 Å². The van der Waals surface area contributed by atoms with Crippen LogP contribution in [0.5, 0.6) is 0 Å². The van der Waals surface area contributed by atoms with Crippen LogP contribution in [0.4, 0.5) is 4.79 Å². The van der Waals surface area contributed by atoms with Crippen molar-refractivity contribution in [3.05, 3.63) is 11.7 Å². The largest absolute Gasteiger partial charge is 0.340 e. The van der Waals surface area contributed by atoms with E-state index in [4.69, 9.17) is 4.52 Å². The van der Waals surface area contributed by atoms with Crippen molar-refractivity contribution in [2.75, 3.05) is 13.1 Å². The van der Waals surface area contributed by atoms with Gasteiger partial charge in [-0.2, -0.15) is 4.98 Å². The number of likely N-dealkylation sites (tertiary alicyclic amines) is 1. The molecule has 2 N–H and O–H groups in total. The number of piperidine rings is 1. The SMILES string of the molecule is Cc1nc(C2(NC(=O)NC3CCN(C4CC4)CC3)CCCC2)no1. The van der Waals surface area contributed by atoms with Crippen molar-refractivity contribution in [3.63, 3.8) is 0 Å². The van der Waals surface area contributed by atoms with Crippen molar-refractivity contribution >= 4 is 6.03 Å². The van der Waals surface area contributed by atoms with Crippen molar-refractivity contribution < 1.29 is 9.32 Å². The Kier molecular flexibility index (Phi) is 4.20. The van der Waals surface area contributed by atoms with Gasteiger partial charge in [0.1, 0.15) is 5.54 Å². The zero-order valence-corrected chi connectivity index (χ0v) is 14.4. The van der Waals surface area contributed by atoms with Crippen molar-refractivity contribution in [1.82, 2.24) is 25.7 Å². The maximum Gasteiger partial charge on any atom is 0.315 e. The molecule has 0 unspecified atom stereocenters. The van der Waals surface area contributed by atoms with Crippen LogP contribution in [-0.2, 0) is 5.54 Å². The molecule has 0 radical (unpaired) electrons. The summed E-state index contributed by atoms with van der Waals surface area (Å²) in [6, 6.07) is 0.998. The van der Waals surface area contributed by atoms with E-state index in [0.717, 1.165) is 57.7 Å². The first-order valence-corrected chi connectivity index (χ1v) is 9.28. The third kappa shape index (κ3) is 3.27. The second kappa shape index (κ2) is 6.35. The number of nitrogens with zero attached hydrogens (tertiary/aromatic N) is 3. The van der Waals surface area contributed by atoms with Crippen LogP contribution in [0.3, 0.4) is 0 Å². The summed E-state index contributed by atoms with van der Waals surface area (Å²) in [6.07, 6.45) is 8.69. The zero-order valence-electron chi connectivity index (χ0n) is 14.4. The second-order valence-corrected chi connectivity index (χ2v) is 7.57. The van der Waals surface area contributed by atoms with Crippen LogP contribution >= 0.6 is 0 Å². The lowest BCUT2D eigenvalue weighted by Crippen LogP contribution is -2.53. The quantitative estimate of drug-likeness (QED) is 0.881. The second-order valence-electron chi connectivity index (χ2n) is 7.57. The first-order valence-electron chi connectivity index (χ1n) is 9.28. The first-order chi connectivity index (χ1) is 11.6. The molecule has 4 rings (SSSR count). The van der Waals surface area contributed by atoms with Gasteiger partial charge in [0, 0.05) is 32.1 Å². The summed E-state index contributed by atoms with van der Waals surface area (Å²) in [4.78, 5) is 19.5. The fourth-order valence-corrected chi connectivity index (χ4v) is 4.16. The Morgan fingerprint density at radius 2 is 1.92 bits per heavy atom. The number of amides is 2. The number of carbonyl (C=O) groups is 1. The molecule has 2 amide bonds. The summed E-state index contributed by atoms with van der Waals surface area (Å²) in [5.41, 5.74) is -0.462. The molecule has 1 aromatic heterocycles. The Labute approximate surface area is 142 Å². The minimum Gasteiger partial charge on any atom is -0.340 e. The molecule has 2 saturated carbocycles. The van der Waals surface area contributed by atoms with E-state index in [0.29, 0.717) is 11.7 Å². The molecule has 3 fully saturated rings. The average Bonchev–Trinajstić information content (AvgIpc) is 3.15. The monoisotopic (exact) mass is 333 g/mol. The summed E-state index contributed by atoms with van der Waals surface area (Å²) >= 11 is 0. The number of hydrogen-bond acceptors (Lipinski definition) is 5. The predicted molar refractivity (Wildman–Crippen MR) is 88.5 cm³/mol. The van der Waals surface area contributed by atoms with Crippen LogP contribution in [0, 0.1) is 6.92 Å². The van der Waals surface area contributed by atoms with E-state index in [9.17, 15) is 4.79 Å². The van der Waals surface area contributed by atoms with Crippen LogP contribution in [0.2, 0.25) is 0 Å². The van der Waals surface area contributed by atoms with E-state index in [1.54, 1.807) is 6.92 Å². The number of nitrogens with one attached hydrogen (secondary N) is 2. The molecule has 0 atom stereocenters. The normalized spacial score (nSPS) is 24.9. The third-order valence-corrected chi connectivity index (χ3v) is 5.69. The van der Waals surface area contributed by atoms with Crippen LogP contribution in [-0.4, -0.2) is 46.2 Å². The van der Waals surface area contributed by atoms with Gasteiger partial charge < -0.3 is 20.1 Å². The summed E-state index contributed by atoms with van der Waals surface area (Å²) in [7, 11) is 0. The molecular formula is C17H27N5O2. The Balaban J connectivity index is 1.34. The minimum atomic E-state index is -0.462. The van der Waals surface area contributed by atoms with Gasteiger partial charge in [-0.1, -0.05) is 18.0 Å². The Hall–Kier alpha value is -1.63. The lowest BCUT2D eigenvalue weighted by Gasteiger charge is -2.33. The van der Waals surface area contributed by atoms with Crippen LogP contribution in [0.25, 0.3) is 0 Å². The van der Waals surface area contributed by atoms with E-state index < -0.39 is 5.54 Å². The number of aryl methyl sites for hydroxylation is 1. The number of urea groups is 1. The first kappa shape index (κ1) is 15.9. The van der Waals surface area contributed by atoms with E-state index in [-0.39, 0.29) is 12.1 Å². The molecule has 7 heteroatoms. The molecule has 1 aromatic rings. The summed E-state index contributed by atoms with van der Waals surface area (Å²) < 4.78 is 5.14. The molecule has 0 spiro atoms. The number of aromatic nitrogens is 2. The minimum absolute atomic E-state index is 0.0933. The van der Waals surface area contributed by atoms with Crippen LogP contribution in [0.1, 0.15) is 63.1 Å². The number of carbonyl (C=O) groups excluding carboxylic acids is 1. The van der Waals surface area contributed by atoms with Crippen LogP contribution < -0.4 is 10.6 Å². The predicted octanol–water partition coefficient (Wildman–Crippen LogP) is 2.07. The van der Waals surface area contributed by atoms with Gasteiger partial charge in [-0.25, -0.2) is 4.79 Å². The fourth-order valence-electron chi connectivity index (χ4n) is 4.16. The van der Waals surface area contributed by atoms with Gasteiger partial charge in [-0.3, -0.25) is 0 Å². The topological polar surface area (TPSA) is 83.3 Å². The highest BCUT2D eigenvalue weighted by atomic mass is 16.5. The van der Waals surface area contributed by atoms with Crippen molar-refractivity contribution in [3.8, 4) is 0 Å². The van der Waals surface area contributed by atoms with Crippen molar-refractivity contribution in [1.29, 1.82) is 0 Å². The zero-order chi connectivity index (χ0) is 16.6. The van der Waals surface area contributed by atoms with Gasteiger partial charge >= 0.3 is 6.03 Å². The highest BCUT2D eigenvalue weighted by Gasteiger charge is 2.41. The lowest BCUT2D eigenvalue weighted by molar-refractivity contribution is 0.180. The highest BCUT2D eigenvalue weighted by Crippen LogP contribution is 2.37. The molecule has 0 bridgehead atoms. The maximum atomic E-state index is 12.6. The molecule has 7 nitrogen and oxygen atoms in total. The van der Waals surface area contributed by atoms with Crippen molar-refractivity contribution in [2.45, 2.75) is 75.9 Å². The van der Waals surface area contributed by atoms with Gasteiger partial charge in [0.15, 0.2) is 5.82 Å². The smallest absolute Gasteiger partial charge is 0.315 e.